The van der Waals surface area contributed by atoms with Gasteiger partial charge in [-0.05, 0) is 38.5 Å². The summed E-state index contributed by atoms with van der Waals surface area (Å²) in [5.74, 6) is -7.72. The number of amides is 6. The van der Waals surface area contributed by atoms with Gasteiger partial charge in [0, 0.05) is 51.7 Å². The Balaban J connectivity index is 3.90. The number of unbranched alkanes of at least 4 members (excludes halogenated alkanes) is 14. The molecule has 0 bridgehead atoms. The van der Waals surface area contributed by atoms with Crippen molar-refractivity contribution in [2.24, 2.45) is 0 Å². The second-order valence-corrected chi connectivity index (χ2v) is 17.6. The fraction of sp³-hybridized carbons (Fsp3) is 0.796. The normalized spacial score (nSPS) is 12.2. The highest BCUT2D eigenvalue weighted by atomic mass is 16.5. The molecule has 0 aromatic rings. The largest absolute Gasteiger partial charge is 0.481 e. The quantitative estimate of drug-likeness (QED) is 0.0391. The molecule has 24 nitrogen and oxygen atoms in total. The van der Waals surface area contributed by atoms with Gasteiger partial charge in [-0.25, -0.2) is 14.4 Å². The Morgan fingerprint density at radius 3 is 1.08 bits per heavy atom. The molecule has 0 saturated carbocycles. The Labute approximate surface area is 429 Å². The average molecular weight is 1050 g/mol. The number of carbonyl (C=O) groups excluding carboxylic acids is 6. The van der Waals surface area contributed by atoms with Gasteiger partial charge in [0.25, 0.3) is 0 Å². The number of hydrogen-bond acceptors (Lipinski definition) is 14. The van der Waals surface area contributed by atoms with Crippen LogP contribution in [0.2, 0.25) is 0 Å². The van der Waals surface area contributed by atoms with E-state index in [0.717, 1.165) is 64.2 Å². The fourth-order valence-electron chi connectivity index (χ4n) is 6.98. The molecule has 0 heterocycles. The summed E-state index contributed by atoms with van der Waals surface area (Å²) in [4.78, 5) is 118. The van der Waals surface area contributed by atoms with Gasteiger partial charge < -0.3 is 71.3 Å². The number of ether oxygens (including phenoxy) is 4. The van der Waals surface area contributed by atoms with Crippen molar-refractivity contribution >= 4 is 59.3 Å². The van der Waals surface area contributed by atoms with E-state index in [0.29, 0.717) is 13.0 Å². The molecule has 0 saturated heterocycles. The third-order valence-electron chi connectivity index (χ3n) is 11.1. The lowest BCUT2D eigenvalue weighted by molar-refractivity contribution is -0.144. The minimum atomic E-state index is -1.45. The smallest absolute Gasteiger partial charge is 0.326 e. The molecule has 0 fully saturated rings. The second kappa shape index (κ2) is 46.3. The summed E-state index contributed by atoms with van der Waals surface area (Å²) in [7, 11) is 0. The van der Waals surface area contributed by atoms with Crippen LogP contribution in [0.4, 0.5) is 0 Å². The molecule has 73 heavy (non-hydrogen) atoms. The van der Waals surface area contributed by atoms with Crippen molar-refractivity contribution in [3.63, 3.8) is 0 Å². The number of carboxylic acid groups (broad SMARTS) is 4. The van der Waals surface area contributed by atoms with Gasteiger partial charge in [-0.3, -0.25) is 33.6 Å². The van der Waals surface area contributed by atoms with Crippen LogP contribution in [0.15, 0.2) is 0 Å². The Morgan fingerprint density at radius 2 is 0.671 bits per heavy atom. The second-order valence-electron chi connectivity index (χ2n) is 17.6. The maximum Gasteiger partial charge on any atom is 0.326 e. The summed E-state index contributed by atoms with van der Waals surface area (Å²) in [5, 5.41) is 52.0. The molecular formula is C49H86N6O18. The van der Waals surface area contributed by atoms with Crippen LogP contribution < -0.4 is 31.9 Å². The predicted molar refractivity (Wildman–Crippen MR) is 265 cm³/mol. The molecule has 0 radical (unpaired) electrons. The molecule has 6 amide bonds. The fourth-order valence-corrected chi connectivity index (χ4v) is 6.98. The lowest BCUT2D eigenvalue weighted by Crippen LogP contribution is -2.45. The Hall–Kier alpha value is -5.46. The number of rotatable bonds is 51. The van der Waals surface area contributed by atoms with Crippen LogP contribution in [0, 0.1) is 0 Å². The summed E-state index contributed by atoms with van der Waals surface area (Å²) < 4.78 is 21.2. The summed E-state index contributed by atoms with van der Waals surface area (Å²) in [5.41, 5.74) is 0. The lowest BCUT2D eigenvalue weighted by Gasteiger charge is -2.17. The standard InChI is InChI=1S/C49H86N6O18/c1-2-3-26-50-40(56)23-20-38(48(66)67)54-43(59)25-22-39(49(68)69)55-45(61)36-73-34-32-71-30-28-52-44(60)35-72-33-31-70-29-27-51-41(57)24-21-37(47(64)65)53-42(58)18-16-14-12-10-8-6-4-5-7-9-11-13-15-17-19-46(62)63/h37-39H,2-36H2,1H3,(H,50,56)(H,51,57)(H,52,60)(H,53,58)(H,54,59)(H,55,61)(H,62,63)(H,64,65)(H,66,67)(H,68,69)/t37-,38-,39-/m0/s1. The van der Waals surface area contributed by atoms with E-state index in [9.17, 15) is 63.3 Å². The van der Waals surface area contributed by atoms with Gasteiger partial charge in [0.05, 0.1) is 39.6 Å². The number of hydrogen-bond donors (Lipinski definition) is 10. The zero-order valence-corrected chi connectivity index (χ0v) is 43.0. The van der Waals surface area contributed by atoms with Crippen LogP contribution in [-0.4, -0.2) is 170 Å². The molecule has 0 unspecified atom stereocenters. The van der Waals surface area contributed by atoms with Crippen molar-refractivity contribution in [3.8, 4) is 0 Å². The number of nitrogens with one attached hydrogen (secondary N) is 6. The van der Waals surface area contributed by atoms with Gasteiger partial charge in [0.15, 0.2) is 0 Å². The molecule has 0 aromatic carbocycles. The van der Waals surface area contributed by atoms with E-state index in [1.807, 2.05) is 6.92 Å². The van der Waals surface area contributed by atoms with Crippen molar-refractivity contribution in [3.05, 3.63) is 0 Å². The van der Waals surface area contributed by atoms with Crippen LogP contribution in [0.3, 0.4) is 0 Å². The third-order valence-corrected chi connectivity index (χ3v) is 11.1. The molecule has 10 N–H and O–H groups in total. The topological polar surface area (TPSA) is 361 Å². The molecule has 3 atom stereocenters. The van der Waals surface area contributed by atoms with Crippen molar-refractivity contribution < 1.29 is 87.3 Å². The van der Waals surface area contributed by atoms with Crippen LogP contribution in [0.1, 0.15) is 161 Å². The van der Waals surface area contributed by atoms with E-state index < -0.39 is 72.8 Å². The van der Waals surface area contributed by atoms with Crippen LogP contribution >= 0.6 is 0 Å². The minimum absolute atomic E-state index is 0.0282. The highest BCUT2D eigenvalue weighted by Gasteiger charge is 2.25. The maximum absolute atomic E-state index is 12.4. The van der Waals surface area contributed by atoms with Crippen LogP contribution in [0.25, 0.3) is 0 Å². The van der Waals surface area contributed by atoms with E-state index >= 15 is 0 Å². The van der Waals surface area contributed by atoms with E-state index in [1.54, 1.807) is 0 Å². The van der Waals surface area contributed by atoms with Crippen molar-refractivity contribution in [1.29, 1.82) is 0 Å². The SMILES string of the molecule is CCCCNC(=O)CC[C@H](NC(=O)CC[C@H](NC(=O)COCCOCCNC(=O)COCCOCCNC(=O)CC[C@H](NC(=O)CCCCCCCCCCCCCCCCC(=O)O)C(=O)O)C(=O)O)C(=O)O. The maximum atomic E-state index is 12.4. The van der Waals surface area contributed by atoms with Crippen molar-refractivity contribution in [2.45, 2.75) is 179 Å². The van der Waals surface area contributed by atoms with E-state index in [4.69, 9.17) is 24.1 Å². The highest BCUT2D eigenvalue weighted by Crippen LogP contribution is 2.14. The molecule has 0 spiro atoms. The van der Waals surface area contributed by atoms with Gasteiger partial charge in [-0.15, -0.1) is 0 Å². The predicted octanol–water partition coefficient (Wildman–Crippen LogP) is 2.58. The van der Waals surface area contributed by atoms with E-state index in [2.05, 4.69) is 31.9 Å². The minimum Gasteiger partial charge on any atom is -0.481 e. The summed E-state index contributed by atoms with van der Waals surface area (Å²) >= 11 is 0. The van der Waals surface area contributed by atoms with Crippen LogP contribution in [-0.2, 0) is 66.9 Å². The number of carboxylic acids is 4. The number of aliphatic carboxylic acids is 4. The Kier molecular flexibility index (Phi) is 42.9. The van der Waals surface area contributed by atoms with Crippen molar-refractivity contribution in [1.82, 2.24) is 31.9 Å². The van der Waals surface area contributed by atoms with Crippen LogP contribution in [0.5, 0.6) is 0 Å². The average Bonchev–Trinajstić information content (AvgIpc) is 3.33. The third kappa shape index (κ3) is 43.8. The van der Waals surface area contributed by atoms with Gasteiger partial charge in [-0.2, -0.15) is 0 Å². The van der Waals surface area contributed by atoms with Gasteiger partial charge >= 0.3 is 23.9 Å². The first-order chi connectivity index (χ1) is 35.0. The zero-order chi connectivity index (χ0) is 54.3. The summed E-state index contributed by atoms with van der Waals surface area (Å²) in [6, 6.07) is -3.97. The molecule has 420 valence electrons. The van der Waals surface area contributed by atoms with Gasteiger partial charge in [0.1, 0.15) is 31.3 Å². The molecule has 0 aliphatic rings. The monoisotopic (exact) mass is 1050 g/mol. The highest BCUT2D eigenvalue weighted by molar-refractivity contribution is 5.87. The molecule has 0 aliphatic carbocycles. The van der Waals surface area contributed by atoms with Gasteiger partial charge in [-0.1, -0.05) is 90.4 Å². The zero-order valence-electron chi connectivity index (χ0n) is 43.0. The summed E-state index contributed by atoms with van der Waals surface area (Å²) in [6.07, 6.45) is 15.8. The molecule has 0 aromatic heterocycles. The molecular weight excluding hydrogens is 961 g/mol. The van der Waals surface area contributed by atoms with E-state index in [1.165, 1.54) is 32.1 Å². The number of carbonyl (C=O) groups is 10. The summed E-state index contributed by atoms with van der Waals surface area (Å²) in [6.45, 7) is 2.52. The van der Waals surface area contributed by atoms with E-state index in [-0.39, 0.29) is 122 Å². The van der Waals surface area contributed by atoms with Gasteiger partial charge in [0.2, 0.25) is 35.4 Å². The van der Waals surface area contributed by atoms with Crippen molar-refractivity contribution in [2.75, 3.05) is 72.5 Å². The Morgan fingerprint density at radius 1 is 0.342 bits per heavy atom. The lowest BCUT2D eigenvalue weighted by atomic mass is 10.0. The molecule has 0 aliphatic heterocycles. The Bertz CT molecular complexity index is 1600. The first-order valence-electron chi connectivity index (χ1n) is 25.9. The molecule has 24 heteroatoms. The first-order valence-corrected chi connectivity index (χ1v) is 25.9. The molecule has 0 rings (SSSR count). The first kappa shape index (κ1) is 67.5.